The Balaban J connectivity index is 1.26. The number of pyridine rings is 1. The second kappa shape index (κ2) is 8.46. The standard InChI is InChI=1S/C29H27N7/c1-35-12-14-36(15-13-35)24-5-2-20(3-6-24)29-32-27(19-8-10-30-11-9-19)28(33-29)21-4-7-25-22(16-21)17-23-18-31-34-26(23)25/h2-11,16,18H,12-15,17H2,1H3,(H,31,34)(H,32,33). The van der Waals surface area contributed by atoms with Crippen LogP contribution < -0.4 is 4.90 Å². The van der Waals surface area contributed by atoms with Crippen molar-refractivity contribution in [2.75, 3.05) is 38.1 Å². The molecular formula is C29H27N7. The summed E-state index contributed by atoms with van der Waals surface area (Å²) in [6.07, 6.45) is 6.47. The quantitative estimate of drug-likeness (QED) is 0.383. The van der Waals surface area contributed by atoms with Crippen LogP contribution in [0.15, 0.2) is 73.2 Å². The van der Waals surface area contributed by atoms with Crippen LogP contribution in [0.25, 0.3) is 45.2 Å². The third-order valence-corrected chi connectivity index (χ3v) is 7.43. The van der Waals surface area contributed by atoms with Crippen LogP contribution in [0.2, 0.25) is 0 Å². The number of rotatable bonds is 4. The van der Waals surface area contributed by atoms with Crippen molar-refractivity contribution in [3.05, 3.63) is 84.3 Å². The van der Waals surface area contributed by atoms with Gasteiger partial charge in [0.05, 0.1) is 23.3 Å². The Morgan fingerprint density at radius 1 is 0.778 bits per heavy atom. The van der Waals surface area contributed by atoms with Crippen molar-refractivity contribution < 1.29 is 0 Å². The normalized spacial score (nSPS) is 15.2. The zero-order chi connectivity index (χ0) is 24.1. The highest BCUT2D eigenvalue weighted by Gasteiger charge is 2.23. The Bertz CT molecular complexity index is 1520. The van der Waals surface area contributed by atoms with Crippen LogP contribution in [0.1, 0.15) is 11.1 Å². The number of fused-ring (bicyclic) bond motifs is 3. The molecule has 2 aliphatic rings. The number of hydrogen-bond acceptors (Lipinski definition) is 5. The summed E-state index contributed by atoms with van der Waals surface area (Å²) in [6, 6.07) is 19.5. The topological polar surface area (TPSA) is 76.7 Å². The average Bonchev–Trinajstić information content (AvgIpc) is 3.64. The van der Waals surface area contributed by atoms with E-state index < -0.39 is 0 Å². The fourth-order valence-corrected chi connectivity index (χ4v) is 5.36. The molecule has 0 saturated carbocycles. The van der Waals surface area contributed by atoms with Gasteiger partial charge in [0.1, 0.15) is 5.82 Å². The van der Waals surface area contributed by atoms with Crippen LogP contribution in [0.3, 0.4) is 0 Å². The predicted octanol–water partition coefficient (Wildman–Crippen LogP) is 4.85. The lowest BCUT2D eigenvalue weighted by atomic mass is 10.0. The number of anilines is 1. The fraction of sp³-hybridized carbons (Fsp3) is 0.207. The molecule has 5 aromatic rings. The second-order valence-corrected chi connectivity index (χ2v) is 9.70. The molecule has 1 aliphatic heterocycles. The number of piperazine rings is 1. The molecule has 178 valence electrons. The zero-order valence-corrected chi connectivity index (χ0v) is 20.2. The van der Waals surface area contributed by atoms with E-state index in [0.29, 0.717) is 0 Å². The number of nitrogens with zero attached hydrogens (tertiary/aromatic N) is 5. The van der Waals surface area contributed by atoms with E-state index in [1.807, 2.05) is 30.7 Å². The summed E-state index contributed by atoms with van der Waals surface area (Å²) in [7, 11) is 2.19. The minimum absolute atomic E-state index is 0.872. The number of aromatic nitrogens is 5. The monoisotopic (exact) mass is 473 g/mol. The molecule has 1 fully saturated rings. The Kier molecular flexibility index (Phi) is 4.96. The number of aromatic amines is 2. The van der Waals surface area contributed by atoms with Crippen molar-refractivity contribution in [3.8, 4) is 45.2 Å². The number of likely N-dealkylation sites (N-methyl/N-ethyl adjacent to an activating group) is 1. The molecule has 7 rings (SSSR count). The van der Waals surface area contributed by atoms with Crippen LogP contribution in [0, 0.1) is 0 Å². The van der Waals surface area contributed by atoms with Crippen molar-refractivity contribution in [3.63, 3.8) is 0 Å². The summed E-state index contributed by atoms with van der Waals surface area (Å²) in [5.41, 5.74) is 11.4. The van der Waals surface area contributed by atoms with Gasteiger partial charge in [0.2, 0.25) is 0 Å². The van der Waals surface area contributed by atoms with Gasteiger partial charge in [0.15, 0.2) is 0 Å². The van der Waals surface area contributed by atoms with E-state index in [4.69, 9.17) is 4.98 Å². The molecule has 0 bridgehead atoms. The Labute approximate surface area is 209 Å². The van der Waals surface area contributed by atoms with Crippen molar-refractivity contribution in [1.29, 1.82) is 0 Å². The Morgan fingerprint density at radius 3 is 2.36 bits per heavy atom. The van der Waals surface area contributed by atoms with Gasteiger partial charge in [-0.3, -0.25) is 10.1 Å². The second-order valence-electron chi connectivity index (χ2n) is 9.70. The van der Waals surface area contributed by atoms with Crippen molar-refractivity contribution >= 4 is 5.69 Å². The zero-order valence-electron chi connectivity index (χ0n) is 20.2. The highest BCUT2D eigenvalue weighted by atomic mass is 15.2. The lowest BCUT2D eigenvalue weighted by molar-refractivity contribution is 0.313. The molecule has 1 aliphatic carbocycles. The largest absolute Gasteiger partial charge is 0.369 e. The molecule has 0 atom stereocenters. The molecule has 7 nitrogen and oxygen atoms in total. The maximum Gasteiger partial charge on any atom is 0.138 e. The molecular weight excluding hydrogens is 446 g/mol. The van der Waals surface area contributed by atoms with Crippen molar-refractivity contribution in [2.45, 2.75) is 6.42 Å². The van der Waals surface area contributed by atoms with Crippen molar-refractivity contribution in [1.82, 2.24) is 30.0 Å². The fourth-order valence-electron chi connectivity index (χ4n) is 5.36. The van der Waals surface area contributed by atoms with E-state index in [-0.39, 0.29) is 0 Å². The Morgan fingerprint density at radius 2 is 1.56 bits per heavy atom. The summed E-state index contributed by atoms with van der Waals surface area (Å²) in [5, 5.41) is 7.34. The third-order valence-electron chi connectivity index (χ3n) is 7.43. The first kappa shape index (κ1) is 21.1. The first-order chi connectivity index (χ1) is 17.7. The molecule has 0 spiro atoms. The smallest absolute Gasteiger partial charge is 0.138 e. The van der Waals surface area contributed by atoms with Crippen LogP contribution in [-0.4, -0.2) is 63.3 Å². The highest BCUT2D eigenvalue weighted by Crippen LogP contribution is 2.39. The number of nitrogens with one attached hydrogen (secondary N) is 2. The SMILES string of the molecule is CN1CCN(c2ccc(-c3nc(-c4ccc5c(c4)Cc4cn[nH]c4-5)c(-c4ccncc4)[nH]3)cc2)CC1. The van der Waals surface area contributed by atoms with Gasteiger partial charge in [0, 0.05) is 78.5 Å². The first-order valence-electron chi connectivity index (χ1n) is 12.4. The van der Waals surface area contributed by atoms with Crippen LogP contribution in [-0.2, 0) is 6.42 Å². The van der Waals surface area contributed by atoms with Gasteiger partial charge in [-0.25, -0.2) is 4.98 Å². The third kappa shape index (κ3) is 3.60. The van der Waals surface area contributed by atoms with Gasteiger partial charge in [0.25, 0.3) is 0 Å². The molecule has 1 saturated heterocycles. The summed E-state index contributed by atoms with van der Waals surface area (Å²) in [5.74, 6) is 0.872. The number of hydrogen-bond donors (Lipinski definition) is 2. The summed E-state index contributed by atoms with van der Waals surface area (Å²) < 4.78 is 0. The van der Waals surface area contributed by atoms with Crippen LogP contribution in [0.5, 0.6) is 0 Å². The van der Waals surface area contributed by atoms with E-state index in [1.165, 1.54) is 22.4 Å². The summed E-state index contributed by atoms with van der Waals surface area (Å²) in [4.78, 5) is 17.8. The minimum Gasteiger partial charge on any atom is -0.369 e. The maximum absolute atomic E-state index is 5.13. The Hall–Kier alpha value is -4.23. The van der Waals surface area contributed by atoms with Crippen LogP contribution in [0.4, 0.5) is 5.69 Å². The maximum atomic E-state index is 5.13. The molecule has 4 heterocycles. The van der Waals surface area contributed by atoms with Crippen LogP contribution >= 0.6 is 0 Å². The van der Waals surface area contributed by atoms with Gasteiger partial charge >= 0.3 is 0 Å². The lowest BCUT2D eigenvalue weighted by Crippen LogP contribution is -2.44. The molecule has 0 unspecified atom stereocenters. The van der Waals surface area contributed by atoms with Gasteiger partial charge < -0.3 is 14.8 Å². The van der Waals surface area contributed by atoms with Crippen molar-refractivity contribution in [2.24, 2.45) is 0 Å². The van der Waals surface area contributed by atoms with E-state index in [9.17, 15) is 0 Å². The van der Waals surface area contributed by atoms with Gasteiger partial charge in [-0.1, -0.05) is 12.1 Å². The lowest BCUT2D eigenvalue weighted by Gasteiger charge is -2.34. The number of H-pyrrole nitrogens is 2. The number of imidazole rings is 1. The molecule has 0 amide bonds. The first-order valence-corrected chi connectivity index (χ1v) is 12.4. The van der Waals surface area contributed by atoms with E-state index in [0.717, 1.165) is 72.2 Å². The van der Waals surface area contributed by atoms with E-state index in [1.54, 1.807) is 0 Å². The predicted molar refractivity (Wildman–Crippen MR) is 143 cm³/mol. The summed E-state index contributed by atoms with van der Waals surface area (Å²) in [6.45, 7) is 4.32. The van der Waals surface area contributed by atoms with E-state index in [2.05, 4.69) is 79.5 Å². The van der Waals surface area contributed by atoms with Gasteiger partial charge in [-0.2, -0.15) is 5.10 Å². The van der Waals surface area contributed by atoms with Gasteiger partial charge in [-0.15, -0.1) is 0 Å². The van der Waals surface area contributed by atoms with Gasteiger partial charge in [-0.05, 0) is 55.1 Å². The molecule has 2 aromatic carbocycles. The van der Waals surface area contributed by atoms with E-state index >= 15 is 0 Å². The average molecular weight is 474 g/mol. The molecule has 3 aromatic heterocycles. The molecule has 2 N–H and O–H groups in total. The molecule has 36 heavy (non-hydrogen) atoms. The number of benzene rings is 2. The highest BCUT2D eigenvalue weighted by molar-refractivity contribution is 5.84. The summed E-state index contributed by atoms with van der Waals surface area (Å²) >= 11 is 0. The molecule has 0 radical (unpaired) electrons. The minimum atomic E-state index is 0.872. The molecule has 7 heteroatoms.